The maximum absolute atomic E-state index is 13.2. The molecule has 2 nitrogen and oxygen atoms in total. The highest BCUT2D eigenvalue weighted by atomic mass is 19.1. The Hall–Kier alpha value is -0.150. The first-order valence-electron chi connectivity index (χ1n) is 5.63. The predicted molar refractivity (Wildman–Crippen MR) is 56.3 cm³/mol. The van der Waals surface area contributed by atoms with Crippen molar-refractivity contribution in [2.45, 2.75) is 51.9 Å². The molecule has 14 heavy (non-hydrogen) atoms. The molecule has 1 rings (SSSR count). The number of alkyl halides is 1. The second kappa shape index (κ2) is 5.66. The van der Waals surface area contributed by atoms with Crippen LogP contribution < -0.4 is 0 Å². The van der Waals surface area contributed by atoms with Crippen LogP contribution in [0.1, 0.15) is 33.6 Å². The molecule has 1 fully saturated rings. The molecule has 84 valence electrons. The van der Waals surface area contributed by atoms with Gasteiger partial charge in [-0.05, 0) is 33.2 Å². The molecule has 1 heterocycles. The van der Waals surface area contributed by atoms with Crippen LogP contribution in [0.2, 0.25) is 0 Å². The molecular formula is C11H22FNO. The summed E-state index contributed by atoms with van der Waals surface area (Å²) in [4.78, 5) is 2.32. The van der Waals surface area contributed by atoms with Gasteiger partial charge >= 0.3 is 0 Å². The van der Waals surface area contributed by atoms with Crippen LogP contribution in [0.4, 0.5) is 4.39 Å². The van der Waals surface area contributed by atoms with E-state index >= 15 is 0 Å². The fourth-order valence-electron chi connectivity index (χ4n) is 1.94. The van der Waals surface area contributed by atoms with E-state index in [9.17, 15) is 4.39 Å². The van der Waals surface area contributed by atoms with Gasteiger partial charge < -0.3 is 4.74 Å². The number of halogens is 1. The minimum absolute atomic E-state index is 0.244. The second-order valence-electron chi connectivity index (χ2n) is 4.29. The van der Waals surface area contributed by atoms with Crippen molar-refractivity contribution in [3.63, 3.8) is 0 Å². The van der Waals surface area contributed by atoms with Crippen LogP contribution in [0.3, 0.4) is 0 Å². The maximum Gasteiger partial charge on any atom is 0.103 e. The number of nitrogens with zero attached hydrogens (tertiary/aromatic N) is 1. The summed E-state index contributed by atoms with van der Waals surface area (Å²) in [6.07, 6.45) is 0.944. The number of rotatable bonds is 4. The van der Waals surface area contributed by atoms with E-state index in [0.717, 1.165) is 13.1 Å². The van der Waals surface area contributed by atoms with Gasteiger partial charge in [-0.2, -0.15) is 0 Å². The van der Waals surface area contributed by atoms with E-state index in [-0.39, 0.29) is 12.1 Å². The second-order valence-corrected chi connectivity index (χ2v) is 4.29. The third-order valence-corrected chi connectivity index (χ3v) is 2.80. The smallest absolute Gasteiger partial charge is 0.103 e. The molecular weight excluding hydrogens is 181 g/mol. The lowest BCUT2D eigenvalue weighted by Crippen LogP contribution is -2.45. The molecule has 0 aromatic carbocycles. The number of piperidine rings is 1. The Morgan fingerprint density at radius 1 is 1.50 bits per heavy atom. The zero-order valence-electron chi connectivity index (χ0n) is 9.50. The van der Waals surface area contributed by atoms with E-state index in [1.165, 1.54) is 0 Å². The normalized spacial score (nSPS) is 29.8. The standard InChI is InChI=1S/C11H22FNO/c1-4-13-6-5-10(12)7-11(13)8-14-9(2)3/h9-11H,4-8H2,1-3H3. The van der Waals surface area contributed by atoms with E-state index < -0.39 is 6.17 Å². The minimum Gasteiger partial charge on any atom is -0.377 e. The summed E-state index contributed by atoms with van der Waals surface area (Å²) >= 11 is 0. The van der Waals surface area contributed by atoms with E-state index in [0.29, 0.717) is 19.4 Å². The fourth-order valence-corrected chi connectivity index (χ4v) is 1.94. The highest BCUT2D eigenvalue weighted by Gasteiger charge is 2.27. The monoisotopic (exact) mass is 203 g/mol. The average molecular weight is 203 g/mol. The van der Waals surface area contributed by atoms with Crippen LogP contribution in [-0.2, 0) is 4.74 Å². The van der Waals surface area contributed by atoms with Gasteiger partial charge in [0.2, 0.25) is 0 Å². The topological polar surface area (TPSA) is 12.5 Å². The highest BCUT2D eigenvalue weighted by Crippen LogP contribution is 2.20. The van der Waals surface area contributed by atoms with Crippen LogP contribution in [0, 0.1) is 0 Å². The fraction of sp³-hybridized carbons (Fsp3) is 1.00. The van der Waals surface area contributed by atoms with Gasteiger partial charge in [0, 0.05) is 12.6 Å². The van der Waals surface area contributed by atoms with Gasteiger partial charge in [0.15, 0.2) is 0 Å². The Kier molecular flexibility index (Phi) is 4.82. The summed E-state index contributed by atoms with van der Waals surface area (Å²) in [7, 11) is 0. The van der Waals surface area contributed by atoms with Gasteiger partial charge in [0.05, 0.1) is 12.7 Å². The predicted octanol–water partition coefficient (Wildman–Crippen LogP) is 2.23. The van der Waals surface area contributed by atoms with Gasteiger partial charge in [0.25, 0.3) is 0 Å². The van der Waals surface area contributed by atoms with Crippen molar-refractivity contribution in [1.82, 2.24) is 4.90 Å². The molecule has 1 saturated heterocycles. The molecule has 0 N–H and O–H groups in total. The highest BCUT2D eigenvalue weighted by molar-refractivity contribution is 4.81. The minimum atomic E-state index is -0.626. The van der Waals surface area contributed by atoms with Crippen molar-refractivity contribution < 1.29 is 9.13 Å². The SMILES string of the molecule is CCN1CCC(F)CC1COC(C)C. The van der Waals surface area contributed by atoms with E-state index in [2.05, 4.69) is 11.8 Å². The molecule has 0 bridgehead atoms. The summed E-state index contributed by atoms with van der Waals surface area (Å²) < 4.78 is 18.7. The number of likely N-dealkylation sites (N-methyl/N-ethyl adjacent to an activating group) is 1. The lowest BCUT2D eigenvalue weighted by atomic mass is 10.0. The Labute approximate surface area is 86.4 Å². The van der Waals surface area contributed by atoms with Crippen molar-refractivity contribution in [1.29, 1.82) is 0 Å². The summed E-state index contributed by atoms with van der Waals surface area (Å²) in [6, 6.07) is 0.283. The first-order chi connectivity index (χ1) is 6.63. The lowest BCUT2D eigenvalue weighted by Gasteiger charge is -2.36. The molecule has 2 atom stereocenters. The average Bonchev–Trinajstić information content (AvgIpc) is 2.15. The zero-order chi connectivity index (χ0) is 10.6. The molecule has 3 heteroatoms. The van der Waals surface area contributed by atoms with Crippen LogP contribution in [0.25, 0.3) is 0 Å². The summed E-state index contributed by atoms with van der Waals surface area (Å²) in [5.74, 6) is 0. The molecule has 0 aliphatic carbocycles. The van der Waals surface area contributed by atoms with Crippen molar-refractivity contribution in [2.75, 3.05) is 19.7 Å². The molecule has 1 aliphatic heterocycles. The molecule has 0 radical (unpaired) electrons. The van der Waals surface area contributed by atoms with Crippen LogP contribution in [0.15, 0.2) is 0 Å². The molecule has 0 spiro atoms. The number of likely N-dealkylation sites (tertiary alicyclic amines) is 1. The third kappa shape index (κ3) is 3.54. The molecule has 0 aromatic rings. The quantitative estimate of drug-likeness (QED) is 0.694. The van der Waals surface area contributed by atoms with Gasteiger partial charge in [0.1, 0.15) is 6.17 Å². The summed E-state index contributed by atoms with van der Waals surface area (Å²) in [6.45, 7) is 8.72. The van der Waals surface area contributed by atoms with Gasteiger partial charge in [-0.1, -0.05) is 6.92 Å². The molecule has 1 aliphatic rings. The van der Waals surface area contributed by atoms with Crippen molar-refractivity contribution >= 4 is 0 Å². The number of ether oxygens (including phenoxy) is 1. The van der Waals surface area contributed by atoms with Gasteiger partial charge in [-0.15, -0.1) is 0 Å². The van der Waals surface area contributed by atoms with E-state index in [1.807, 2.05) is 13.8 Å². The Bertz CT molecular complexity index is 163. The molecule has 0 amide bonds. The Morgan fingerprint density at radius 2 is 2.21 bits per heavy atom. The van der Waals surface area contributed by atoms with E-state index in [4.69, 9.17) is 4.74 Å². The van der Waals surface area contributed by atoms with Crippen LogP contribution in [-0.4, -0.2) is 42.9 Å². The van der Waals surface area contributed by atoms with Crippen molar-refractivity contribution in [3.8, 4) is 0 Å². The van der Waals surface area contributed by atoms with Gasteiger partial charge in [-0.25, -0.2) is 4.39 Å². The lowest BCUT2D eigenvalue weighted by molar-refractivity contribution is -0.00317. The van der Waals surface area contributed by atoms with Crippen LogP contribution >= 0.6 is 0 Å². The first-order valence-corrected chi connectivity index (χ1v) is 5.63. The first kappa shape index (κ1) is 11.9. The molecule has 0 saturated carbocycles. The molecule has 0 aromatic heterocycles. The zero-order valence-corrected chi connectivity index (χ0v) is 9.50. The van der Waals surface area contributed by atoms with E-state index in [1.54, 1.807) is 0 Å². The summed E-state index contributed by atoms with van der Waals surface area (Å²) in [5, 5.41) is 0. The Balaban J connectivity index is 2.36. The van der Waals surface area contributed by atoms with Crippen molar-refractivity contribution in [3.05, 3.63) is 0 Å². The summed E-state index contributed by atoms with van der Waals surface area (Å²) in [5.41, 5.74) is 0. The number of hydrogen-bond donors (Lipinski definition) is 0. The maximum atomic E-state index is 13.2. The third-order valence-electron chi connectivity index (χ3n) is 2.80. The van der Waals surface area contributed by atoms with Gasteiger partial charge in [-0.3, -0.25) is 4.90 Å². The number of hydrogen-bond acceptors (Lipinski definition) is 2. The Morgan fingerprint density at radius 3 is 2.79 bits per heavy atom. The largest absolute Gasteiger partial charge is 0.377 e. The molecule has 2 unspecified atom stereocenters. The van der Waals surface area contributed by atoms with Crippen molar-refractivity contribution in [2.24, 2.45) is 0 Å². The van der Waals surface area contributed by atoms with Crippen LogP contribution in [0.5, 0.6) is 0 Å².